The van der Waals surface area contributed by atoms with E-state index in [1.807, 2.05) is 14.1 Å². The molecule has 0 radical (unpaired) electrons. The van der Waals surface area contributed by atoms with E-state index in [0.717, 1.165) is 12.1 Å². The molecule has 116 valence electrons. The van der Waals surface area contributed by atoms with Crippen molar-refractivity contribution in [3.8, 4) is 0 Å². The van der Waals surface area contributed by atoms with Crippen LogP contribution >= 0.6 is 12.2 Å². The van der Waals surface area contributed by atoms with Crippen LogP contribution in [-0.2, 0) is 13.1 Å². The molecule has 2 aromatic carbocycles. The van der Waals surface area contributed by atoms with Crippen LogP contribution in [0, 0.1) is 5.82 Å². The smallest absolute Gasteiger partial charge is 0.171 e. The fourth-order valence-electron chi connectivity index (χ4n) is 2.04. The predicted molar refractivity (Wildman–Crippen MR) is 93.3 cm³/mol. The number of hydrogen-bond acceptors (Lipinski definition) is 2. The van der Waals surface area contributed by atoms with Crippen LogP contribution in [0.15, 0.2) is 48.5 Å². The fraction of sp³-hybridized carbons (Fsp3) is 0.235. The number of rotatable bonds is 5. The molecular weight excluding hydrogens is 297 g/mol. The molecular formula is C17H20FN3S. The topological polar surface area (TPSA) is 27.3 Å². The molecule has 0 aliphatic carbocycles. The summed E-state index contributed by atoms with van der Waals surface area (Å²) < 4.78 is 13.5. The number of anilines is 1. The molecule has 0 bridgehead atoms. The minimum atomic E-state index is -0.320. The molecule has 5 heteroatoms. The van der Waals surface area contributed by atoms with Gasteiger partial charge in [-0.25, -0.2) is 4.39 Å². The summed E-state index contributed by atoms with van der Waals surface area (Å²) in [5, 5.41) is 6.34. The van der Waals surface area contributed by atoms with Gasteiger partial charge >= 0.3 is 0 Å². The Balaban J connectivity index is 1.85. The van der Waals surface area contributed by atoms with Crippen LogP contribution < -0.4 is 10.6 Å². The van der Waals surface area contributed by atoms with E-state index < -0.39 is 0 Å². The lowest BCUT2D eigenvalue weighted by atomic mass is 10.1. The zero-order chi connectivity index (χ0) is 15.9. The van der Waals surface area contributed by atoms with Crippen LogP contribution in [-0.4, -0.2) is 24.1 Å². The van der Waals surface area contributed by atoms with Gasteiger partial charge in [0.15, 0.2) is 5.11 Å². The van der Waals surface area contributed by atoms with Gasteiger partial charge in [-0.2, -0.15) is 0 Å². The second-order valence-electron chi connectivity index (χ2n) is 5.34. The van der Waals surface area contributed by atoms with Gasteiger partial charge in [-0.1, -0.05) is 36.4 Å². The van der Waals surface area contributed by atoms with Gasteiger partial charge in [0.1, 0.15) is 5.82 Å². The van der Waals surface area contributed by atoms with Gasteiger partial charge in [0, 0.05) is 13.1 Å². The molecule has 2 aromatic rings. The molecule has 0 heterocycles. The number of benzene rings is 2. The standard InChI is InChI=1S/C17H20FN3S/c1-21(2)12-14-9-7-13(8-10-14)11-19-17(22)20-16-6-4-3-5-15(16)18/h3-10H,11-12H2,1-2H3,(H2,19,20,22). The molecule has 0 aliphatic rings. The number of thiocarbonyl (C=S) groups is 1. The first-order chi connectivity index (χ1) is 10.5. The van der Waals surface area contributed by atoms with Crippen LogP contribution in [0.5, 0.6) is 0 Å². The van der Waals surface area contributed by atoms with Gasteiger partial charge in [0.25, 0.3) is 0 Å². The van der Waals surface area contributed by atoms with Crippen LogP contribution in [0.4, 0.5) is 10.1 Å². The third-order valence-corrected chi connectivity index (χ3v) is 3.34. The number of nitrogens with one attached hydrogen (secondary N) is 2. The third kappa shape index (κ3) is 5.09. The highest BCUT2D eigenvalue weighted by molar-refractivity contribution is 7.80. The SMILES string of the molecule is CN(C)Cc1ccc(CNC(=S)Nc2ccccc2F)cc1. The molecule has 0 aliphatic heterocycles. The number of para-hydroxylation sites is 1. The molecule has 0 amide bonds. The van der Waals surface area contributed by atoms with Gasteiger partial charge in [-0.3, -0.25) is 0 Å². The van der Waals surface area contributed by atoms with E-state index >= 15 is 0 Å². The van der Waals surface area contributed by atoms with Crippen molar-refractivity contribution in [2.45, 2.75) is 13.1 Å². The fourth-order valence-corrected chi connectivity index (χ4v) is 2.22. The summed E-state index contributed by atoms with van der Waals surface area (Å²) in [7, 11) is 4.09. The average Bonchev–Trinajstić information content (AvgIpc) is 2.48. The van der Waals surface area contributed by atoms with Crippen molar-refractivity contribution in [2.24, 2.45) is 0 Å². The highest BCUT2D eigenvalue weighted by Gasteiger charge is 2.03. The highest BCUT2D eigenvalue weighted by Crippen LogP contribution is 2.12. The maximum atomic E-state index is 13.5. The molecule has 0 saturated heterocycles. The van der Waals surface area contributed by atoms with Crippen molar-refractivity contribution >= 4 is 23.0 Å². The second-order valence-corrected chi connectivity index (χ2v) is 5.75. The van der Waals surface area contributed by atoms with E-state index in [0.29, 0.717) is 17.3 Å². The largest absolute Gasteiger partial charge is 0.358 e. The molecule has 0 unspecified atom stereocenters. The quantitative estimate of drug-likeness (QED) is 0.827. The number of nitrogens with zero attached hydrogens (tertiary/aromatic N) is 1. The lowest BCUT2D eigenvalue weighted by molar-refractivity contribution is 0.402. The van der Waals surface area contributed by atoms with Crippen molar-refractivity contribution < 1.29 is 4.39 Å². The summed E-state index contributed by atoms with van der Waals surface area (Å²) >= 11 is 5.18. The third-order valence-electron chi connectivity index (χ3n) is 3.10. The van der Waals surface area contributed by atoms with Gasteiger partial charge in [0.05, 0.1) is 5.69 Å². The van der Waals surface area contributed by atoms with Crippen molar-refractivity contribution in [3.63, 3.8) is 0 Å². The van der Waals surface area contributed by atoms with Crippen LogP contribution in [0.25, 0.3) is 0 Å². The van der Waals surface area contributed by atoms with Crippen LogP contribution in [0.3, 0.4) is 0 Å². The average molecular weight is 317 g/mol. The maximum Gasteiger partial charge on any atom is 0.171 e. The van der Waals surface area contributed by atoms with E-state index in [-0.39, 0.29) is 5.82 Å². The molecule has 3 nitrogen and oxygen atoms in total. The Hall–Kier alpha value is -1.98. The Morgan fingerprint density at radius 2 is 1.68 bits per heavy atom. The number of halogens is 1. The van der Waals surface area contributed by atoms with Gasteiger partial charge in [-0.05, 0) is 49.6 Å². The Morgan fingerprint density at radius 1 is 1.05 bits per heavy atom. The first-order valence-corrected chi connectivity index (χ1v) is 7.47. The molecule has 2 N–H and O–H groups in total. The first-order valence-electron chi connectivity index (χ1n) is 7.06. The molecule has 2 rings (SSSR count). The second kappa shape index (κ2) is 7.87. The molecule has 0 fully saturated rings. The normalized spacial score (nSPS) is 10.5. The zero-order valence-corrected chi connectivity index (χ0v) is 13.6. The Bertz CT molecular complexity index is 626. The molecule has 22 heavy (non-hydrogen) atoms. The summed E-state index contributed by atoms with van der Waals surface area (Å²) in [5.41, 5.74) is 2.77. The lowest BCUT2D eigenvalue weighted by Gasteiger charge is -2.12. The van der Waals surface area contributed by atoms with Crippen molar-refractivity contribution in [1.82, 2.24) is 10.2 Å². The minimum Gasteiger partial charge on any atom is -0.358 e. The van der Waals surface area contributed by atoms with E-state index in [1.54, 1.807) is 18.2 Å². The molecule has 0 saturated carbocycles. The summed E-state index contributed by atoms with van der Waals surface area (Å²) in [6.45, 7) is 1.52. The predicted octanol–water partition coefficient (Wildman–Crippen LogP) is 3.37. The van der Waals surface area contributed by atoms with Crippen molar-refractivity contribution in [1.29, 1.82) is 0 Å². The van der Waals surface area contributed by atoms with E-state index in [1.165, 1.54) is 11.6 Å². The van der Waals surface area contributed by atoms with Crippen molar-refractivity contribution in [2.75, 3.05) is 19.4 Å². The molecule has 0 atom stereocenters. The summed E-state index contributed by atoms with van der Waals surface area (Å²) in [6.07, 6.45) is 0. The lowest BCUT2D eigenvalue weighted by Crippen LogP contribution is -2.28. The van der Waals surface area contributed by atoms with Gasteiger partial charge in [0.2, 0.25) is 0 Å². The van der Waals surface area contributed by atoms with Crippen LogP contribution in [0.1, 0.15) is 11.1 Å². The Labute approximate surface area is 136 Å². The Kier molecular flexibility index (Phi) is 5.86. The van der Waals surface area contributed by atoms with E-state index in [4.69, 9.17) is 12.2 Å². The van der Waals surface area contributed by atoms with E-state index in [9.17, 15) is 4.39 Å². The van der Waals surface area contributed by atoms with Gasteiger partial charge in [-0.15, -0.1) is 0 Å². The minimum absolute atomic E-state index is 0.320. The molecule has 0 spiro atoms. The van der Waals surface area contributed by atoms with Crippen molar-refractivity contribution in [3.05, 3.63) is 65.5 Å². The molecule has 0 aromatic heterocycles. The summed E-state index contributed by atoms with van der Waals surface area (Å²) in [5.74, 6) is -0.320. The number of hydrogen-bond donors (Lipinski definition) is 2. The maximum absolute atomic E-state index is 13.5. The van der Waals surface area contributed by atoms with E-state index in [2.05, 4.69) is 39.8 Å². The monoisotopic (exact) mass is 317 g/mol. The highest BCUT2D eigenvalue weighted by atomic mass is 32.1. The van der Waals surface area contributed by atoms with Crippen LogP contribution in [0.2, 0.25) is 0 Å². The Morgan fingerprint density at radius 3 is 2.32 bits per heavy atom. The zero-order valence-electron chi connectivity index (χ0n) is 12.8. The summed E-state index contributed by atoms with van der Waals surface area (Å²) in [4.78, 5) is 2.13. The summed E-state index contributed by atoms with van der Waals surface area (Å²) in [6, 6.07) is 14.8. The van der Waals surface area contributed by atoms with Gasteiger partial charge < -0.3 is 15.5 Å². The first kappa shape index (κ1) is 16.4.